The molecule has 3 nitrogen and oxygen atoms in total. The first kappa shape index (κ1) is 14.8. The summed E-state index contributed by atoms with van der Waals surface area (Å²) in [5.41, 5.74) is 0.0832. The van der Waals surface area contributed by atoms with Crippen LogP contribution < -0.4 is 9.47 Å². The molecule has 0 saturated heterocycles. The Morgan fingerprint density at radius 1 is 1.00 bits per heavy atom. The van der Waals surface area contributed by atoms with Gasteiger partial charge in [0.05, 0.1) is 19.8 Å². The van der Waals surface area contributed by atoms with Crippen LogP contribution in [0.1, 0.15) is 33.3 Å². The second kappa shape index (κ2) is 5.19. The molecule has 18 heavy (non-hydrogen) atoms. The van der Waals surface area contributed by atoms with Gasteiger partial charge in [-0.15, -0.1) is 0 Å². The average Bonchev–Trinajstić information content (AvgIpc) is 2.26. The van der Waals surface area contributed by atoms with Crippen molar-refractivity contribution in [2.75, 3.05) is 14.2 Å². The van der Waals surface area contributed by atoms with E-state index in [2.05, 4.69) is 0 Å². The lowest BCUT2D eigenvalue weighted by Crippen LogP contribution is -2.41. The lowest BCUT2D eigenvalue weighted by Gasteiger charge is -2.37. The maximum atomic E-state index is 10.5. The third-order valence-corrected chi connectivity index (χ3v) is 3.61. The van der Waals surface area contributed by atoms with Gasteiger partial charge in [-0.05, 0) is 30.0 Å². The molecule has 0 radical (unpaired) electrons. The van der Waals surface area contributed by atoms with Crippen molar-refractivity contribution in [3.8, 4) is 11.5 Å². The fourth-order valence-electron chi connectivity index (χ4n) is 1.65. The van der Waals surface area contributed by atoms with E-state index in [1.54, 1.807) is 14.2 Å². The van der Waals surface area contributed by atoms with Crippen LogP contribution in [0.25, 0.3) is 0 Å². The van der Waals surface area contributed by atoms with Crippen LogP contribution in [-0.4, -0.2) is 24.9 Å². The van der Waals surface area contributed by atoms with E-state index in [4.69, 9.17) is 9.47 Å². The maximum Gasteiger partial charge on any atom is 0.160 e. The fraction of sp³-hybridized carbons (Fsp3) is 0.600. The number of hydrogen-bond acceptors (Lipinski definition) is 3. The summed E-state index contributed by atoms with van der Waals surface area (Å²) in [7, 11) is 3.23. The molecule has 0 aliphatic carbocycles. The Hall–Kier alpha value is -1.22. The molecule has 0 aliphatic heterocycles. The van der Waals surface area contributed by atoms with Gasteiger partial charge in [-0.3, -0.25) is 0 Å². The normalized spacial score (nSPS) is 15.1. The van der Waals surface area contributed by atoms with E-state index in [9.17, 15) is 5.11 Å². The summed E-state index contributed by atoms with van der Waals surface area (Å²) in [4.78, 5) is 0. The Labute approximate surface area is 110 Å². The van der Waals surface area contributed by atoms with E-state index in [0.717, 1.165) is 5.56 Å². The summed E-state index contributed by atoms with van der Waals surface area (Å²) in [5, 5.41) is 10.5. The lowest BCUT2D eigenvalue weighted by atomic mass is 9.74. The second-order valence-electron chi connectivity index (χ2n) is 5.89. The van der Waals surface area contributed by atoms with Crippen molar-refractivity contribution < 1.29 is 14.6 Å². The van der Waals surface area contributed by atoms with Crippen LogP contribution in [0, 0.1) is 5.41 Å². The Balaban J connectivity index is 2.99. The minimum atomic E-state index is -0.771. The molecular formula is C15H24O3. The molecule has 3 heteroatoms. The topological polar surface area (TPSA) is 38.7 Å². The third kappa shape index (κ3) is 3.16. The van der Waals surface area contributed by atoms with Crippen molar-refractivity contribution in [3.05, 3.63) is 23.8 Å². The number of ether oxygens (including phenoxy) is 2. The predicted molar refractivity (Wildman–Crippen MR) is 73.3 cm³/mol. The van der Waals surface area contributed by atoms with E-state index in [0.29, 0.717) is 17.9 Å². The number of hydrogen-bond donors (Lipinski definition) is 1. The number of aliphatic hydroxyl groups is 1. The van der Waals surface area contributed by atoms with Crippen LogP contribution in [0.4, 0.5) is 0 Å². The quantitative estimate of drug-likeness (QED) is 0.895. The molecule has 1 aromatic rings. The molecule has 0 heterocycles. The molecule has 1 unspecified atom stereocenters. The van der Waals surface area contributed by atoms with Gasteiger partial charge in [0, 0.05) is 6.42 Å². The SMILES string of the molecule is COc1ccc(CC(C)(O)C(C)(C)C)cc1OC. The highest BCUT2D eigenvalue weighted by molar-refractivity contribution is 5.43. The van der Waals surface area contributed by atoms with Crippen LogP contribution in [0.5, 0.6) is 11.5 Å². The standard InChI is InChI=1S/C15H24O3/c1-14(2,3)15(4,16)10-11-7-8-12(17-5)13(9-11)18-6/h7-9,16H,10H2,1-6H3. The first-order valence-corrected chi connectivity index (χ1v) is 6.14. The maximum absolute atomic E-state index is 10.5. The third-order valence-electron chi connectivity index (χ3n) is 3.61. The Morgan fingerprint density at radius 3 is 2.00 bits per heavy atom. The Bertz CT molecular complexity index is 403. The van der Waals surface area contributed by atoms with Crippen molar-refractivity contribution in [2.24, 2.45) is 5.41 Å². The Kier molecular flexibility index (Phi) is 4.28. The molecule has 1 aromatic carbocycles. The van der Waals surface area contributed by atoms with E-state index in [1.807, 2.05) is 45.9 Å². The van der Waals surface area contributed by atoms with E-state index < -0.39 is 5.60 Å². The largest absolute Gasteiger partial charge is 0.493 e. The van der Waals surface area contributed by atoms with Crippen molar-refractivity contribution in [1.82, 2.24) is 0 Å². The molecule has 1 atom stereocenters. The smallest absolute Gasteiger partial charge is 0.160 e. The molecule has 0 aromatic heterocycles. The zero-order chi connectivity index (χ0) is 14.0. The Morgan fingerprint density at radius 2 is 1.56 bits per heavy atom. The van der Waals surface area contributed by atoms with Gasteiger partial charge >= 0.3 is 0 Å². The molecule has 1 rings (SSSR count). The average molecular weight is 252 g/mol. The van der Waals surface area contributed by atoms with E-state index in [-0.39, 0.29) is 5.41 Å². The van der Waals surface area contributed by atoms with Gasteiger partial charge in [0.15, 0.2) is 11.5 Å². The molecule has 1 N–H and O–H groups in total. The van der Waals surface area contributed by atoms with Crippen LogP contribution in [0.3, 0.4) is 0 Å². The van der Waals surface area contributed by atoms with Crippen LogP contribution in [-0.2, 0) is 6.42 Å². The van der Waals surface area contributed by atoms with Gasteiger partial charge < -0.3 is 14.6 Å². The van der Waals surface area contributed by atoms with Gasteiger partial charge in [0.1, 0.15) is 0 Å². The highest BCUT2D eigenvalue weighted by Gasteiger charge is 2.35. The van der Waals surface area contributed by atoms with E-state index in [1.165, 1.54) is 0 Å². The molecule has 0 bridgehead atoms. The summed E-state index contributed by atoms with van der Waals surface area (Å²) in [6.07, 6.45) is 0.580. The van der Waals surface area contributed by atoms with Crippen molar-refractivity contribution >= 4 is 0 Å². The van der Waals surface area contributed by atoms with Gasteiger partial charge in [-0.1, -0.05) is 26.8 Å². The first-order chi connectivity index (χ1) is 8.21. The minimum absolute atomic E-state index is 0.180. The summed E-state index contributed by atoms with van der Waals surface area (Å²) in [6.45, 7) is 7.97. The van der Waals surface area contributed by atoms with Gasteiger partial charge in [0.2, 0.25) is 0 Å². The predicted octanol–water partition coefficient (Wildman–Crippen LogP) is 3.04. The minimum Gasteiger partial charge on any atom is -0.493 e. The summed E-state index contributed by atoms with van der Waals surface area (Å²) < 4.78 is 10.5. The molecule has 0 fully saturated rings. The summed E-state index contributed by atoms with van der Waals surface area (Å²) in [6, 6.07) is 5.74. The highest BCUT2D eigenvalue weighted by atomic mass is 16.5. The van der Waals surface area contributed by atoms with Crippen LogP contribution in [0.2, 0.25) is 0 Å². The monoisotopic (exact) mass is 252 g/mol. The summed E-state index contributed by atoms with van der Waals surface area (Å²) in [5.74, 6) is 1.40. The molecular weight excluding hydrogens is 228 g/mol. The van der Waals surface area contributed by atoms with Crippen LogP contribution >= 0.6 is 0 Å². The van der Waals surface area contributed by atoms with Crippen molar-refractivity contribution in [2.45, 2.75) is 39.7 Å². The summed E-state index contributed by atoms with van der Waals surface area (Å²) >= 11 is 0. The zero-order valence-electron chi connectivity index (χ0n) is 12.2. The van der Waals surface area contributed by atoms with Crippen molar-refractivity contribution in [1.29, 1.82) is 0 Å². The molecule has 102 valence electrons. The van der Waals surface area contributed by atoms with Gasteiger partial charge in [-0.2, -0.15) is 0 Å². The number of rotatable bonds is 4. The lowest BCUT2D eigenvalue weighted by molar-refractivity contribution is -0.0405. The second-order valence-corrected chi connectivity index (χ2v) is 5.89. The molecule has 0 aliphatic rings. The fourth-order valence-corrected chi connectivity index (χ4v) is 1.65. The van der Waals surface area contributed by atoms with Gasteiger partial charge in [-0.25, -0.2) is 0 Å². The van der Waals surface area contributed by atoms with Gasteiger partial charge in [0.25, 0.3) is 0 Å². The van der Waals surface area contributed by atoms with Crippen molar-refractivity contribution in [3.63, 3.8) is 0 Å². The highest BCUT2D eigenvalue weighted by Crippen LogP contribution is 2.35. The zero-order valence-corrected chi connectivity index (χ0v) is 12.2. The molecule has 0 spiro atoms. The molecule has 0 saturated carbocycles. The molecule has 0 amide bonds. The van der Waals surface area contributed by atoms with Crippen LogP contribution in [0.15, 0.2) is 18.2 Å². The van der Waals surface area contributed by atoms with E-state index >= 15 is 0 Å². The number of benzene rings is 1. The first-order valence-electron chi connectivity index (χ1n) is 6.14. The number of methoxy groups -OCH3 is 2.